The van der Waals surface area contributed by atoms with Gasteiger partial charge in [-0.1, -0.05) is 12.1 Å². The molecular formula is C16H21N5O. The fraction of sp³-hybridized carbons (Fsp3) is 0.438. The Morgan fingerprint density at radius 3 is 2.95 bits per heavy atom. The molecule has 2 heterocycles. The van der Waals surface area contributed by atoms with E-state index in [4.69, 9.17) is 0 Å². The number of amides is 1. The standard InChI is InChI=1S/C16H21N5O/c1-19(2)6-5-14-9-20(12-22)16-4-3-13(7-15(14)16)8-21-11-17-10-18-21/h3-4,7,10-12,14H,5-6,8-9H2,1-2H3. The van der Waals surface area contributed by atoms with Crippen LogP contribution in [0.3, 0.4) is 0 Å². The van der Waals surface area contributed by atoms with Crippen LogP contribution in [0.15, 0.2) is 30.9 Å². The van der Waals surface area contributed by atoms with Gasteiger partial charge < -0.3 is 9.80 Å². The van der Waals surface area contributed by atoms with Crippen molar-refractivity contribution < 1.29 is 4.79 Å². The normalized spacial score (nSPS) is 17.0. The van der Waals surface area contributed by atoms with Crippen LogP contribution >= 0.6 is 0 Å². The van der Waals surface area contributed by atoms with Crippen molar-refractivity contribution in [2.45, 2.75) is 18.9 Å². The van der Waals surface area contributed by atoms with Gasteiger partial charge in [-0.3, -0.25) is 4.79 Å². The van der Waals surface area contributed by atoms with Gasteiger partial charge in [-0.25, -0.2) is 9.67 Å². The Balaban J connectivity index is 1.83. The average Bonchev–Trinajstić information content (AvgIpc) is 3.12. The Morgan fingerprint density at radius 2 is 2.27 bits per heavy atom. The molecule has 0 aliphatic carbocycles. The van der Waals surface area contributed by atoms with Crippen LogP contribution in [0.5, 0.6) is 0 Å². The summed E-state index contributed by atoms with van der Waals surface area (Å²) in [6.45, 7) is 2.50. The molecule has 1 aliphatic heterocycles. The zero-order valence-corrected chi connectivity index (χ0v) is 13.0. The molecule has 116 valence electrons. The minimum absolute atomic E-state index is 0.401. The van der Waals surface area contributed by atoms with E-state index in [1.165, 1.54) is 11.1 Å². The van der Waals surface area contributed by atoms with Crippen LogP contribution < -0.4 is 4.90 Å². The van der Waals surface area contributed by atoms with E-state index in [9.17, 15) is 4.79 Å². The summed E-state index contributed by atoms with van der Waals surface area (Å²) in [6.07, 6.45) is 5.25. The SMILES string of the molecule is CN(C)CCC1CN(C=O)c2ccc(Cn3cncn3)cc21. The predicted molar refractivity (Wildman–Crippen MR) is 84.9 cm³/mol. The molecule has 1 amide bonds. The van der Waals surface area contributed by atoms with Gasteiger partial charge in [0.15, 0.2) is 0 Å². The molecule has 0 radical (unpaired) electrons. The van der Waals surface area contributed by atoms with Crippen molar-refractivity contribution in [3.63, 3.8) is 0 Å². The maximum atomic E-state index is 11.3. The molecule has 1 unspecified atom stereocenters. The van der Waals surface area contributed by atoms with E-state index in [0.29, 0.717) is 12.5 Å². The summed E-state index contributed by atoms with van der Waals surface area (Å²) < 4.78 is 1.81. The van der Waals surface area contributed by atoms with Crippen LogP contribution in [-0.2, 0) is 11.3 Å². The number of rotatable bonds is 6. The molecule has 6 nitrogen and oxygen atoms in total. The summed E-state index contributed by atoms with van der Waals surface area (Å²) in [5.41, 5.74) is 3.50. The van der Waals surface area contributed by atoms with Crippen LogP contribution in [0, 0.1) is 0 Å². The fourth-order valence-corrected chi connectivity index (χ4v) is 2.99. The molecule has 0 spiro atoms. The van der Waals surface area contributed by atoms with Crippen molar-refractivity contribution in [3.05, 3.63) is 42.0 Å². The van der Waals surface area contributed by atoms with Crippen molar-refractivity contribution in [3.8, 4) is 0 Å². The summed E-state index contributed by atoms with van der Waals surface area (Å²) >= 11 is 0. The Morgan fingerprint density at radius 1 is 1.41 bits per heavy atom. The molecular weight excluding hydrogens is 278 g/mol. The lowest BCUT2D eigenvalue weighted by molar-refractivity contribution is -0.107. The molecule has 0 N–H and O–H groups in total. The highest BCUT2D eigenvalue weighted by Gasteiger charge is 2.28. The number of aromatic nitrogens is 3. The molecule has 6 heteroatoms. The van der Waals surface area contributed by atoms with Crippen LogP contribution in [0.25, 0.3) is 0 Å². The van der Waals surface area contributed by atoms with E-state index in [-0.39, 0.29) is 0 Å². The minimum atomic E-state index is 0.401. The summed E-state index contributed by atoms with van der Waals surface area (Å²) in [5.74, 6) is 0.401. The highest BCUT2D eigenvalue weighted by molar-refractivity contribution is 5.80. The second kappa shape index (κ2) is 6.27. The smallest absolute Gasteiger partial charge is 0.214 e. The molecule has 0 saturated heterocycles. The highest BCUT2D eigenvalue weighted by atomic mass is 16.1. The van der Waals surface area contributed by atoms with Crippen LogP contribution in [-0.4, -0.2) is 53.3 Å². The van der Waals surface area contributed by atoms with Crippen molar-refractivity contribution >= 4 is 12.1 Å². The van der Waals surface area contributed by atoms with Crippen LogP contribution in [0.2, 0.25) is 0 Å². The third-order valence-corrected chi connectivity index (χ3v) is 4.12. The van der Waals surface area contributed by atoms with Crippen molar-refractivity contribution in [2.75, 3.05) is 32.1 Å². The van der Waals surface area contributed by atoms with Gasteiger partial charge in [-0.05, 0) is 44.3 Å². The lowest BCUT2D eigenvalue weighted by Gasteiger charge is -2.15. The highest BCUT2D eigenvalue weighted by Crippen LogP contribution is 2.38. The zero-order valence-electron chi connectivity index (χ0n) is 13.0. The van der Waals surface area contributed by atoms with E-state index in [1.807, 2.05) is 15.6 Å². The summed E-state index contributed by atoms with van der Waals surface area (Å²) in [7, 11) is 4.16. The Bertz CT molecular complexity index is 638. The Labute approximate surface area is 130 Å². The lowest BCUT2D eigenvalue weighted by Crippen LogP contribution is -2.21. The maximum absolute atomic E-state index is 11.3. The average molecular weight is 299 g/mol. The van der Waals surface area contributed by atoms with Crippen molar-refractivity contribution in [2.24, 2.45) is 0 Å². The van der Waals surface area contributed by atoms with Gasteiger partial charge in [-0.15, -0.1) is 0 Å². The number of carbonyl (C=O) groups excluding carboxylic acids is 1. The number of hydrogen-bond acceptors (Lipinski definition) is 4. The number of nitrogens with zero attached hydrogens (tertiary/aromatic N) is 5. The van der Waals surface area contributed by atoms with Gasteiger partial charge >= 0.3 is 0 Å². The first-order valence-electron chi connectivity index (χ1n) is 7.49. The van der Waals surface area contributed by atoms with E-state index < -0.39 is 0 Å². The minimum Gasteiger partial charge on any atom is -0.314 e. The number of carbonyl (C=O) groups is 1. The van der Waals surface area contributed by atoms with Gasteiger partial charge in [0.05, 0.1) is 6.54 Å². The third kappa shape index (κ3) is 3.01. The molecule has 1 aromatic heterocycles. The van der Waals surface area contributed by atoms with E-state index in [0.717, 1.165) is 31.6 Å². The van der Waals surface area contributed by atoms with Crippen molar-refractivity contribution in [1.82, 2.24) is 19.7 Å². The molecule has 3 rings (SSSR count). The van der Waals surface area contributed by atoms with E-state index >= 15 is 0 Å². The molecule has 1 aromatic carbocycles. The fourth-order valence-electron chi connectivity index (χ4n) is 2.99. The Kier molecular flexibility index (Phi) is 4.20. The van der Waals surface area contributed by atoms with Gasteiger partial charge in [0, 0.05) is 18.2 Å². The molecule has 2 aromatic rings. The van der Waals surface area contributed by atoms with Gasteiger partial charge in [-0.2, -0.15) is 5.10 Å². The monoisotopic (exact) mass is 299 g/mol. The first-order valence-corrected chi connectivity index (χ1v) is 7.49. The van der Waals surface area contributed by atoms with Gasteiger partial charge in [0.2, 0.25) is 6.41 Å². The quantitative estimate of drug-likeness (QED) is 0.755. The molecule has 1 atom stereocenters. The summed E-state index contributed by atoms with van der Waals surface area (Å²) in [4.78, 5) is 19.3. The predicted octanol–water partition coefficient (Wildman–Crippen LogP) is 1.34. The summed E-state index contributed by atoms with van der Waals surface area (Å²) in [6, 6.07) is 6.32. The number of hydrogen-bond donors (Lipinski definition) is 0. The van der Waals surface area contributed by atoms with Crippen LogP contribution in [0.1, 0.15) is 23.5 Å². The first kappa shape index (κ1) is 14.7. The van der Waals surface area contributed by atoms with Gasteiger partial charge in [0.1, 0.15) is 12.7 Å². The molecule has 1 aliphatic rings. The molecule has 0 bridgehead atoms. The van der Waals surface area contributed by atoms with Crippen LogP contribution in [0.4, 0.5) is 5.69 Å². The molecule has 22 heavy (non-hydrogen) atoms. The Hall–Kier alpha value is -2.21. The lowest BCUT2D eigenvalue weighted by atomic mass is 9.96. The second-order valence-corrected chi connectivity index (χ2v) is 6.03. The van der Waals surface area contributed by atoms with E-state index in [2.05, 4.69) is 41.2 Å². The first-order chi connectivity index (χ1) is 10.7. The second-order valence-electron chi connectivity index (χ2n) is 6.03. The number of benzene rings is 1. The zero-order chi connectivity index (χ0) is 15.5. The number of fused-ring (bicyclic) bond motifs is 1. The molecule has 0 saturated carbocycles. The van der Waals surface area contributed by atoms with Gasteiger partial charge in [0.25, 0.3) is 0 Å². The largest absolute Gasteiger partial charge is 0.314 e. The van der Waals surface area contributed by atoms with E-state index in [1.54, 1.807) is 12.7 Å². The van der Waals surface area contributed by atoms with Crippen molar-refractivity contribution in [1.29, 1.82) is 0 Å². The number of anilines is 1. The topological polar surface area (TPSA) is 54.3 Å². The maximum Gasteiger partial charge on any atom is 0.214 e. The third-order valence-electron chi connectivity index (χ3n) is 4.12. The molecule has 0 fully saturated rings. The summed E-state index contributed by atoms with van der Waals surface area (Å²) in [5, 5.41) is 4.15.